The van der Waals surface area contributed by atoms with E-state index in [-0.39, 0.29) is 0 Å². The van der Waals surface area contributed by atoms with Gasteiger partial charge in [-0.25, -0.2) is 0 Å². The van der Waals surface area contributed by atoms with Gasteiger partial charge in [-0.2, -0.15) is 0 Å². The van der Waals surface area contributed by atoms with E-state index >= 15 is 0 Å². The summed E-state index contributed by atoms with van der Waals surface area (Å²) in [4.78, 5) is 4.87. The lowest BCUT2D eigenvalue weighted by molar-refractivity contribution is 0.385. The average Bonchev–Trinajstić information content (AvgIpc) is 3.05. The van der Waals surface area contributed by atoms with Crippen LogP contribution in [-0.2, 0) is 0 Å². The van der Waals surface area contributed by atoms with Gasteiger partial charge in [0.05, 0.1) is 6.04 Å². The van der Waals surface area contributed by atoms with E-state index < -0.39 is 0 Å². The summed E-state index contributed by atoms with van der Waals surface area (Å²) in [5, 5.41) is 3.60. The number of nitrogens with one attached hydrogen (secondary N) is 1. The van der Waals surface area contributed by atoms with Gasteiger partial charge in [-0.3, -0.25) is 4.99 Å². The molecule has 0 bridgehead atoms. The van der Waals surface area contributed by atoms with Crippen LogP contribution in [0.1, 0.15) is 42.4 Å². The SMILES string of the molecule is C(#Cc1ccc(C2=NC3CCCCC3N2)cc1)c1ccccc1. The minimum Gasteiger partial charge on any atom is -0.365 e. The Balaban J connectivity index is 1.50. The summed E-state index contributed by atoms with van der Waals surface area (Å²) in [7, 11) is 0. The fourth-order valence-corrected chi connectivity index (χ4v) is 3.35. The summed E-state index contributed by atoms with van der Waals surface area (Å²) in [5.74, 6) is 7.47. The van der Waals surface area contributed by atoms with Crippen LogP contribution in [0.5, 0.6) is 0 Å². The van der Waals surface area contributed by atoms with Gasteiger partial charge < -0.3 is 5.32 Å². The highest BCUT2D eigenvalue weighted by atomic mass is 15.1. The summed E-state index contributed by atoms with van der Waals surface area (Å²) in [6.45, 7) is 0. The van der Waals surface area contributed by atoms with Gasteiger partial charge in [-0.05, 0) is 37.1 Å². The van der Waals surface area contributed by atoms with Crippen LogP contribution in [-0.4, -0.2) is 17.9 Å². The minimum absolute atomic E-state index is 0.483. The molecule has 2 aromatic carbocycles. The molecule has 2 heteroatoms. The van der Waals surface area contributed by atoms with Crippen molar-refractivity contribution in [1.29, 1.82) is 0 Å². The molecular weight excluding hydrogens is 280 g/mol. The smallest absolute Gasteiger partial charge is 0.128 e. The van der Waals surface area contributed by atoms with Gasteiger partial charge in [0.15, 0.2) is 0 Å². The molecule has 2 atom stereocenters. The number of rotatable bonds is 1. The van der Waals surface area contributed by atoms with Crippen LogP contribution in [0, 0.1) is 11.8 Å². The first kappa shape index (κ1) is 14.1. The van der Waals surface area contributed by atoms with E-state index in [1.54, 1.807) is 0 Å². The maximum absolute atomic E-state index is 4.87. The maximum Gasteiger partial charge on any atom is 0.128 e. The van der Waals surface area contributed by atoms with Gasteiger partial charge in [0, 0.05) is 22.7 Å². The van der Waals surface area contributed by atoms with E-state index in [1.165, 1.54) is 31.2 Å². The molecule has 1 heterocycles. The zero-order valence-corrected chi connectivity index (χ0v) is 13.1. The van der Waals surface area contributed by atoms with Gasteiger partial charge in [0.1, 0.15) is 5.84 Å². The molecule has 1 N–H and O–H groups in total. The fraction of sp³-hybridized carbons (Fsp3) is 0.286. The Morgan fingerprint density at radius 2 is 1.52 bits per heavy atom. The average molecular weight is 300 g/mol. The van der Waals surface area contributed by atoms with Crippen LogP contribution in [0.2, 0.25) is 0 Å². The van der Waals surface area contributed by atoms with Crippen molar-refractivity contribution in [2.24, 2.45) is 4.99 Å². The molecule has 0 saturated heterocycles. The lowest BCUT2D eigenvalue weighted by Gasteiger charge is -2.23. The summed E-state index contributed by atoms with van der Waals surface area (Å²) in [5.41, 5.74) is 3.25. The third-order valence-electron chi connectivity index (χ3n) is 4.63. The zero-order chi connectivity index (χ0) is 15.5. The summed E-state index contributed by atoms with van der Waals surface area (Å²) < 4.78 is 0. The highest BCUT2D eigenvalue weighted by molar-refractivity contribution is 6.00. The van der Waals surface area contributed by atoms with Crippen LogP contribution in [0.4, 0.5) is 0 Å². The van der Waals surface area contributed by atoms with Gasteiger partial charge in [0.25, 0.3) is 0 Å². The topological polar surface area (TPSA) is 24.4 Å². The first-order chi connectivity index (χ1) is 11.4. The predicted octanol–water partition coefficient (Wildman–Crippen LogP) is 3.75. The van der Waals surface area contributed by atoms with Crippen LogP contribution >= 0.6 is 0 Å². The second kappa shape index (κ2) is 6.30. The van der Waals surface area contributed by atoms with Gasteiger partial charge in [-0.15, -0.1) is 0 Å². The molecule has 0 aromatic heterocycles. The normalized spacial score (nSPS) is 22.3. The molecule has 2 aliphatic rings. The third kappa shape index (κ3) is 3.14. The Kier molecular flexibility index (Phi) is 3.86. The Bertz CT molecular complexity index is 763. The highest BCUT2D eigenvalue weighted by Crippen LogP contribution is 2.26. The standard InChI is InChI=1S/C21H20N2/c1-2-6-16(7-3-1)10-11-17-12-14-18(15-13-17)21-22-19-8-4-5-9-20(19)23-21/h1-3,6-7,12-15,19-20H,4-5,8-9H2,(H,22,23). The lowest BCUT2D eigenvalue weighted by Crippen LogP contribution is -2.36. The third-order valence-corrected chi connectivity index (χ3v) is 4.63. The van der Waals surface area contributed by atoms with Gasteiger partial charge in [0.2, 0.25) is 0 Å². The number of nitrogens with zero attached hydrogens (tertiary/aromatic N) is 1. The molecule has 2 aromatic rings. The van der Waals surface area contributed by atoms with E-state index in [0.29, 0.717) is 12.1 Å². The Morgan fingerprint density at radius 1 is 0.826 bits per heavy atom. The molecule has 1 aliphatic heterocycles. The molecule has 4 rings (SSSR count). The van der Waals surface area contributed by atoms with Crippen molar-refractivity contribution >= 4 is 5.84 Å². The molecule has 2 nitrogen and oxygen atoms in total. The van der Waals surface area contributed by atoms with Crippen LogP contribution < -0.4 is 5.32 Å². The van der Waals surface area contributed by atoms with Crippen molar-refractivity contribution in [2.45, 2.75) is 37.8 Å². The van der Waals surface area contributed by atoms with E-state index in [4.69, 9.17) is 4.99 Å². The monoisotopic (exact) mass is 300 g/mol. The number of aliphatic imine (C=N–C) groups is 1. The second-order valence-electron chi connectivity index (χ2n) is 6.27. The first-order valence-corrected chi connectivity index (χ1v) is 8.40. The first-order valence-electron chi connectivity index (χ1n) is 8.40. The Morgan fingerprint density at radius 3 is 2.26 bits per heavy atom. The van der Waals surface area contributed by atoms with E-state index in [1.807, 2.05) is 30.3 Å². The van der Waals surface area contributed by atoms with E-state index in [2.05, 4.69) is 41.4 Å². The maximum atomic E-state index is 4.87. The number of benzene rings is 2. The van der Waals surface area contributed by atoms with Crippen molar-refractivity contribution in [2.75, 3.05) is 0 Å². The molecule has 23 heavy (non-hydrogen) atoms. The Hall–Kier alpha value is -2.53. The van der Waals surface area contributed by atoms with Gasteiger partial charge in [-0.1, -0.05) is 55.0 Å². The predicted molar refractivity (Wildman–Crippen MR) is 94.6 cm³/mol. The molecule has 114 valence electrons. The number of hydrogen-bond donors (Lipinski definition) is 1. The molecule has 1 saturated carbocycles. The largest absolute Gasteiger partial charge is 0.365 e. The van der Waals surface area contributed by atoms with E-state index in [9.17, 15) is 0 Å². The zero-order valence-electron chi connectivity index (χ0n) is 13.1. The van der Waals surface area contributed by atoms with Crippen LogP contribution in [0.25, 0.3) is 0 Å². The number of hydrogen-bond acceptors (Lipinski definition) is 2. The van der Waals surface area contributed by atoms with Crippen molar-refractivity contribution in [3.8, 4) is 11.8 Å². The molecule has 0 spiro atoms. The molecule has 1 fully saturated rings. The van der Waals surface area contributed by atoms with Crippen molar-refractivity contribution in [3.05, 3.63) is 71.3 Å². The second-order valence-corrected chi connectivity index (χ2v) is 6.27. The highest BCUT2D eigenvalue weighted by Gasteiger charge is 2.30. The Labute approximate surface area is 137 Å². The quantitative estimate of drug-likeness (QED) is 0.797. The fourth-order valence-electron chi connectivity index (χ4n) is 3.35. The molecule has 2 unspecified atom stereocenters. The summed E-state index contributed by atoms with van der Waals surface area (Å²) in [6, 6.07) is 19.5. The van der Waals surface area contributed by atoms with Crippen LogP contribution in [0.15, 0.2) is 59.6 Å². The number of amidine groups is 1. The summed E-state index contributed by atoms with van der Waals surface area (Å²) >= 11 is 0. The molecule has 0 radical (unpaired) electrons. The molecule has 1 aliphatic carbocycles. The van der Waals surface area contributed by atoms with Crippen molar-refractivity contribution in [3.63, 3.8) is 0 Å². The summed E-state index contributed by atoms with van der Waals surface area (Å²) in [6.07, 6.45) is 5.11. The number of fused-ring (bicyclic) bond motifs is 1. The van der Waals surface area contributed by atoms with E-state index in [0.717, 1.165) is 17.0 Å². The van der Waals surface area contributed by atoms with Crippen molar-refractivity contribution < 1.29 is 0 Å². The van der Waals surface area contributed by atoms with Crippen molar-refractivity contribution in [1.82, 2.24) is 5.32 Å². The molecule has 0 amide bonds. The van der Waals surface area contributed by atoms with Gasteiger partial charge >= 0.3 is 0 Å². The minimum atomic E-state index is 0.483. The molecular formula is C21H20N2. The lowest BCUT2D eigenvalue weighted by atomic mass is 9.92. The van der Waals surface area contributed by atoms with Crippen LogP contribution in [0.3, 0.4) is 0 Å².